The molecule has 5 heteroatoms. The molecule has 1 fully saturated rings. The molecule has 0 radical (unpaired) electrons. The second-order valence-electron chi connectivity index (χ2n) is 4.68. The number of carbonyl (C=O) groups excluding carboxylic acids is 1. The van der Waals surface area contributed by atoms with Crippen LogP contribution >= 0.6 is 11.8 Å². The summed E-state index contributed by atoms with van der Waals surface area (Å²) in [5, 5.41) is 11.5. The summed E-state index contributed by atoms with van der Waals surface area (Å²) in [6, 6.07) is 5.93. The van der Waals surface area contributed by atoms with Crippen LogP contribution in [0.1, 0.15) is 11.1 Å². The van der Waals surface area contributed by atoms with Crippen LogP contribution in [0.3, 0.4) is 0 Å². The van der Waals surface area contributed by atoms with Gasteiger partial charge in [0.2, 0.25) is 5.91 Å². The lowest BCUT2D eigenvalue weighted by Crippen LogP contribution is -2.32. The van der Waals surface area contributed by atoms with Gasteiger partial charge in [-0.05, 0) is 24.1 Å². The number of rotatable bonds is 4. The van der Waals surface area contributed by atoms with Crippen molar-refractivity contribution in [3.05, 3.63) is 29.3 Å². The molecule has 0 unspecified atom stereocenters. The zero-order chi connectivity index (χ0) is 13.7. The zero-order valence-electron chi connectivity index (χ0n) is 11.2. The molecule has 0 aromatic heterocycles. The number of benzene rings is 1. The van der Waals surface area contributed by atoms with Gasteiger partial charge in [0.25, 0.3) is 0 Å². The van der Waals surface area contributed by atoms with Gasteiger partial charge in [-0.25, -0.2) is 0 Å². The third-order valence-corrected chi connectivity index (χ3v) is 4.30. The van der Waals surface area contributed by atoms with Gasteiger partial charge in [0.15, 0.2) is 0 Å². The van der Waals surface area contributed by atoms with E-state index in [0.29, 0.717) is 0 Å². The molecular weight excluding hydrogens is 260 g/mol. The minimum absolute atomic E-state index is 0.366. The molecule has 1 aromatic carbocycles. The second kappa shape index (κ2) is 6.93. The molecule has 1 amide bonds. The number of aliphatic hydroxyl groups excluding tert-OH is 1. The van der Waals surface area contributed by atoms with Crippen molar-refractivity contribution in [2.45, 2.75) is 13.5 Å². The molecule has 2 rings (SSSR count). The Morgan fingerprint density at radius 1 is 1.42 bits per heavy atom. The first-order chi connectivity index (χ1) is 9.20. The van der Waals surface area contributed by atoms with E-state index in [1.807, 2.05) is 30.8 Å². The van der Waals surface area contributed by atoms with Gasteiger partial charge in [-0.1, -0.05) is 12.1 Å². The van der Waals surface area contributed by atoms with E-state index in [-0.39, 0.29) is 5.91 Å². The Hall–Kier alpha value is -1.04. The van der Waals surface area contributed by atoms with Crippen LogP contribution in [0.25, 0.3) is 0 Å². The molecule has 0 saturated carbocycles. The third kappa shape index (κ3) is 3.96. The van der Waals surface area contributed by atoms with Gasteiger partial charge in [0.1, 0.15) is 6.61 Å². The zero-order valence-corrected chi connectivity index (χ0v) is 12.0. The van der Waals surface area contributed by atoms with E-state index in [0.717, 1.165) is 30.9 Å². The Kier molecular flexibility index (Phi) is 5.24. The maximum absolute atomic E-state index is 11.3. The largest absolute Gasteiger partial charge is 0.387 e. The van der Waals surface area contributed by atoms with Gasteiger partial charge in [-0.2, -0.15) is 11.8 Å². The van der Waals surface area contributed by atoms with E-state index in [1.165, 1.54) is 17.1 Å². The molecule has 104 valence electrons. The summed E-state index contributed by atoms with van der Waals surface area (Å²) in [6.07, 6.45) is 0. The SMILES string of the molecule is Cc1c(CN2CCSCC2)cccc1NC(=O)CO. The average Bonchev–Trinajstić information content (AvgIpc) is 2.44. The Morgan fingerprint density at radius 3 is 2.84 bits per heavy atom. The standard InChI is InChI=1S/C14H20N2O2S/c1-11-12(9-16-5-7-19-8-6-16)3-2-4-13(11)15-14(18)10-17/h2-4,17H,5-10H2,1H3,(H,15,18). The number of hydrogen-bond donors (Lipinski definition) is 2. The minimum atomic E-state index is -0.479. The minimum Gasteiger partial charge on any atom is -0.387 e. The highest BCUT2D eigenvalue weighted by molar-refractivity contribution is 7.99. The Labute approximate surface area is 118 Å². The molecule has 4 nitrogen and oxygen atoms in total. The van der Waals surface area contributed by atoms with Crippen LogP contribution in [0.4, 0.5) is 5.69 Å². The van der Waals surface area contributed by atoms with Crippen LogP contribution < -0.4 is 5.32 Å². The van der Waals surface area contributed by atoms with Crippen molar-refractivity contribution in [1.82, 2.24) is 4.90 Å². The number of hydrogen-bond acceptors (Lipinski definition) is 4. The molecule has 2 N–H and O–H groups in total. The van der Waals surface area contributed by atoms with Gasteiger partial charge < -0.3 is 10.4 Å². The Bertz CT molecular complexity index is 445. The van der Waals surface area contributed by atoms with Crippen LogP contribution in [-0.4, -0.2) is 47.1 Å². The maximum atomic E-state index is 11.3. The van der Waals surface area contributed by atoms with Crippen LogP contribution in [0.15, 0.2) is 18.2 Å². The summed E-state index contributed by atoms with van der Waals surface area (Å²) in [6.45, 7) is 4.71. The number of amides is 1. The predicted octanol–water partition coefficient (Wildman–Crippen LogP) is 1.47. The van der Waals surface area contributed by atoms with Gasteiger partial charge >= 0.3 is 0 Å². The van der Waals surface area contributed by atoms with Gasteiger partial charge in [0, 0.05) is 36.8 Å². The lowest BCUT2D eigenvalue weighted by atomic mass is 10.1. The normalized spacial score (nSPS) is 16.3. The van der Waals surface area contributed by atoms with Crippen LogP contribution in [0, 0.1) is 6.92 Å². The molecule has 0 bridgehead atoms. The summed E-state index contributed by atoms with van der Waals surface area (Å²) in [5.41, 5.74) is 3.12. The van der Waals surface area contributed by atoms with Crippen molar-refractivity contribution in [3.8, 4) is 0 Å². The number of nitrogens with one attached hydrogen (secondary N) is 1. The fourth-order valence-electron chi connectivity index (χ4n) is 2.18. The predicted molar refractivity (Wildman–Crippen MR) is 79.5 cm³/mol. The highest BCUT2D eigenvalue weighted by atomic mass is 32.2. The molecule has 1 aromatic rings. The lowest BCUT2D eigenvalue weighted by molar-refractivity contribution is -0.118. The number of aliphatic hydroxyl groups is 1. The number of nitrogens with zero attached hydrogens (tertiary/aromatic N) is 1. The van der Waals surface area contributed by atoms with Gasteiger partial charge in [-0.3, -0.25) is 9.69 Å². The molecule has 1 aliphatic heterocycles. The number of thioether (sulfide) groups is 1. The lowest BCUT2D eigenvalue weighted by Gasteiger charge is -2.27. The second-order valence-corrected chi connectivity index (χ2v) is 5.91. The van der Waals surface area contributed by atoms with Crippen molar-refractivity contribution in [2.24, 2.45) is 0 Å². The van der Waals surface area contributed by atoms with Gasteiger partial charge in [-0.15, -0.1) is 0 Å². The van der Waals surface area contributed by atoms with Crippen molar-refractivity contribution < 1.29 is 9.90 Å². The fourth-order valence-corrected chi connectivity index (χ4v) is 3.16. The van der Waals surface area contributed by atoms with Crippen molar-refractivity contribution in [3.63, 3.8) is 0 Å². The van der Waals surface area contributed by atoms with E-state index in [2.05, 4.69) is 16.3 Å². The van der Waals surface area contributed by atoms with Crippen molar-refractivity contribution in [2.75, 3.05) is 36.5 Å². The van der Waals surface area contributed by atoms with E-state index in [1.54, 1.807) is 0 Å². The summed E-state index contributed by atoms with van der Waals surface area (Å²) < 4.78 is 0. The van der Waals surface area contributed by atoms with E-state index >= 15 is 0 Å². The van der Waals surface area contributed by atoms with Crippen molar-refractivity contribution >= 4 is 23.4 Å². The molecule has 0 atom stereocenters. The Morgan fingerprint density at radius 2 is 2.16 bits per heavy atom. The van der Waals surface area contributed by atoms with Crippen LogP contribution in [-0.2, 0) is 11.3 Å². The summed E-state index contributed by atoms with van der Waals surface area (Å²) in [5.74, 6) is 2.02. The number of anilines is 1. The van der Waals surface area contributed by atoms with E-state index in [9.17, 15) is 4.79 Å². The summed E-state index contributed by atoms with van der Waals surface area (Å²) in [4.78, 5) is 13.7. The summed E-state index contributed by atoms with van der Waals surface area (Å²) >= 11 is 2.00. The topological polar surface area (TPSA) is 52.6 Å². The summed E-state index contributed by atoms with van der Waals surface area (Å²) in [7, 11) is 0. The molecule has 1 saturated heterocycles. The average molecular weight is 280 g/mol. The van der Waals surface area contributed by atoms with E-state index in [4.69, 9.17) is 5.11 Å². The molecule has 1 heterocycles. The van der Waals surface area contributed by atoms with Crippen LogP contribution in [0.5, 0.6) is 0 Å². The smallest absolute Gasteiger partial charge is 0.250 e. The van der Waals surface area contributed by atoms with Crippen molar-refractivity contribution in [1.29, 1.82) is 0 Å². The van der Waals surface area contributed by atoms with Crippen LogP contribution in [0.2, 0.25) is 0 Å². The molecule has 19 heavy (non-hydrogen) atoms. The first-order valence-corrected chi connectivity index (χ1v) is 7.65. The highest BCUT2D eigenvalue weighted by Gasteiger charge is 2.13. The van der Waals surface area contributed by atoms with E-state index < -0.39 is 6.61 Å². The Balaban J connectivity index is 2.07. The fraction of sp³-hybridized carbons (Fsp3) is 0.500. The molecule has 0 spiro atoms. The first-order valence-electron chi connectivity index (χ1n) is 6.50. The third-order valence-electron chi connectivity index (χ3n) is 3.36. The highest BCUT2D eigenvalue weighted by Crippen LogP contribution is 2.21. The quantitative estimate of drug-likeness (QED) is 0.877. The molecule has 1 aliphatic rings. The first kappa shape index (κ1) is 14.4. The molecule has 0 aliphatic carbocycles. The monoisotopic (exact) mass is 280 g/mol. The van der Waals surface area contributed by atoms with Gasteiger partial charge in [0.05, 0.1) is 0 Å². The maximum Gasteiger partial charge on any atom is 0.250 e. The molecular formula is C14H20N2O2S. The number of carbonyl (C=O) groups is 1.